The van der Waals surface area contributed by atoms with E-state index in [4.69, 9.17) is 9.72 Å². The summed E-state index contributed by atoms with van der Waals surface area (Å²) in [4.78, 5) is 5.02. The fourth-order valence-electron chi connectivity index (χ4n) is 5.33. The minimum absolute atomic E-state index is 0.345. The van der Waals surface area contributed by atoms with Crippen LogP contribution in [0.1, 0.15) is 57.1 Å². The monoisotopic (exact) mass is 463 g/mol. The second-order valence-corrected chi connectivity index (χ2v) is 10.2. The Morgan fingerprint density at radius 3 is 2.31 bits per heavy atom. The number of ether oxygens (including phenoxy) is 1. The lowest BCUT2D eigenvalue weighted by Crippen LogP contribution is -2.19. The fraction of sp³-hybridized carbons (Fsp3) is 0.355. The molecule has 0 amide bonds. The molecular weight excluding hydrogens is 430 g/mol. The zero-order valence-electron chi connectivity index (χ0n) is 20.9. The Balaban J connectivity index is 1.62. The highest BCUT2D eigenvalue weighted by atomic mass is 16.5. The van der Waals surface area contributed by atoms with E-state index in [1.807, 2.05) is 30.5 Å². The predicted octanol–water partition coefficient (Wildman–Crippen LogP) is 7.70. The van der Waals surface area contributed by atoms with Crippen molar-refractivity contribution in [3.8, 4) is 28.5 Å². The standard InChI is InChI=1S/C31H33N3O/c1-31(2,35-3)26-15-13-25(14-16-26)30-29(24-11-9-22(19-32)10-12-24)27-17-18-34(28(27)20-33-30)21-23-7-5-4-6-8-23/h9-18,20,23H,4-8,21H2,1-3H3. The summed E-state index contributed by atoms with van der Waals surface area (Å²) in [6.07, 6.45) is 11.0. The van der Waals surface area contributed by atoms with Crippen LogP contribution in [-0.2, 0) is 16.9 Å². The average Bonchev–Trinajstić information content (AvgIpc) is 3.31. The van der Waals surface area contributed by atoms with E-state index in [2.05, 4.69) is 61.0 Å². The first-order valence-corrected chi connectivity index (χ1v) is 12.6. The van der Waals surface area contributed by atoms with Crippen LogP contribution >= 0.6 is 0 Å². The van der Waals surface area contributed by atoms with Gasteiger partial charge in [0.05, 0.1) is 34.6 Å². The van der Waals surface area contributed by atoms with Crippen molar-refractivity contribution in [1.82, 2.24) is 9.55 Å². The minimum Gasteiger partial charge on any atom is -0.374 e. The van der Waals surface area contributed by atoms with Crippen molar-refractivity contribution in [2.24, 2.45) is 5.92 Å². The summed E-state index contributed by atoms with van der Waals surface area (Å²) in [6.45, 7) is 5.20. The maximum atomic E-state index is 9.30. The van der Waals surface area contributed by atoms with Crippen LogP contribution in [0, 0.1) is 17.2 Å². The molecule has 0 radical (unpaired) electrons. The van der Waals surface area contributed by atoms with Crippen LogP contribution < -0.4 is 0 Å². The Morgan fingerprint density at radius 1 is 0.971 bits per heavy atom. The van der Waals surface area contributed by atoms with Crippen LogP contribution in [0.3, 0.4) is 0 Å². The summed E-state index contributed by atoms with van der Waals surface area (Å²) in [7, 11) is 1.74. The van der Waals surface area contributed by atoms with Gasteiger partial charge in [0.1, 0.15) is 0 Å². The maximum Gasteiger partial charge on any atom is 0.0991 e. The number of nitrogens with zero attached hydrogens (tertiary/aromatic N) is 3. The van der Waals surface area contributed by atoms with Crippen LogP contribution in [0.4, 0.5) is 0 Å². The molecule has 0 N–H and O–H groups in total. The maximum absolute atomic E-state index is 9.30. The summed E-state index contributed by atoms with van der Waals surface area (Å²) >= 11 is 0. The third-order valence-corrected chi connectivity index (χ3v) is 7.67. The van der Waals surface area contributed by atoms with Gasteiger partial charge >= 0.3 is 0 Å². The van der Waals surface area contributed by atoms with E-state index in [1.165, 1.54) is 43.0 Å². The van der Waals surface area contributed by atoms with E-state index in [0.717, 1.165) is 40.4 Å². The van der Waals surface area contributed by atoms with E-state index in [-0.39, 0.29) is 5.60 Å². The number of aromatic nitrogens is 2. The van der Waals surface area contributed by atoms with E-state index >= 15 is 0 Å². The van der Waals surface area contributed by atoms with Gasteiger partial charge in [-0.1, -0.05) is 55.7 Å². The van der Waals surface area contributed by atoms with Crippen LogP contribution in [0.15, 0.2) is 67.0 Å². The minimum atomic E-state index is -0.345. The lowest BCUT2D eigenvalue weighted by Gasteiger charge is -2.24. The topological polar surface area (TPSA) is 50.8 Å². The molecule has 1 aliphatic carbocycles. The van der Waals surface area contributed by atoms with Gasteiger partial charge in [0.25, 0.3) is 0 Å². The molecule has 0 spiro atoms. The Kier molecular flexibility index (Phi) is 6.45. The molecule has 1 fully saturated rings. The number of hydrogen-bond donors (Lipinski definition) is 0. The first-order chi connectivity index (χ1) is 17.0. The molecule has 0 saturated heterocycles. The number of hydrogen-bond acceptors (Lipinski definition) is 3. The average molecular weight is 464 g/mol. The second-order valence-electron chi connectivity index (χ2n) is 10.2. The van der Waals surface area contributed by atoms with Gasteiger partial charge in [-0.3, -0.25) is 4.98 Å². The van der Waals surface area contributed by atoms with Crippen molar-refractivity contribution >= 4 is 10.9 Å². The third-order valence-electron chi connectivity index (χ3n) is 7.67. The third kappa shape index (κ3) is 4.61. The van der Waals surface area contributed by atoms with Crippen LogP contribution in [0.5, 0.6) is 0 Å². The molecule has 0 atom stereocenters. The van der Waals surface area contributed by atoms with Crippen molar-refractivity contribution in [2.45, 2.75) is 58.1 Å². The van der Waals surface area contributed by atoms with Crippen molar-refractivity contribution in [3.05, 3.63) is 78.1 Å². The summed E-state index contributed by atoms with van der Waals surface area (Å²) in [5.74, 6) is 0.745. The molecule has 2 aromatic heterocycles. The quantitative estimate of drug-likeness (QED) is 0.294. The summed E-state index contributed by atoms with van der Waals surface area (Å²) < 4.78 is 8.05. The molecule has 1 aliphatic rings. The van der Waals surface area contributed by atoms with Gasteiger partial charge in [0.15, 0.2) is 0 Å². The number of fused-ring (bicyclic) bond motifs is 1. The Bertz CT molecular complexity index is 1350. The smallest absolute Gasteiger partial charge is 0.0991 e. The summed E-state index contributed by atoms with van der Waals surface area (Å²) in [5, 5.41) is 10.5. The molecule has 4 aromatic rings. The van der Waals surface area contributed by atoms with E-state index in [1.54, 1.807) is 7.11 Å². The van der Waals surface area contributed by atoms with Crippen LogP contribution in [-0.4, -0.2) is 16.7 Å². The lowest BCUT2D eigenvalue weighted by atomic mass is 9.89. The molecular formula is C31H33N3O. The highest BCUT2D eigenvalue weighted by Crippen LogP contribution is 2.38. The number of benzene rings is 2. The molecule has 0 unspecified atom stereocenters. The second kappa shape index (κ2) is 9.68. The number of rotatable bonds is 6. The molecule has 5 rings (SSSR count). The van der Waals surface area contributed by atoms with E-state index in [0.29, 0.717) is 5.56 Å². The summed E-state index contributed by atoms with van der Waals surface area (Å²) in [5.41, 5.74) is 6.85. The first kappa shape index (κ1) is 23.3. The van der Waals surface area contributed by atoms with E-state index < -0.39 is 0 Å². The zero-order chi connectivity index (χ0) is 24.4. The van der Waals surface area contributed by atoms with Gasteiger partial charge in [0.2, 0.25) is 0 Å². The molecule has 0 bridgehead atoms. The molecule has 0 aliphatic heterocycles. The van der Waals surface area contributed by atoms with Gasteiger partial charge in [-0.15, -0.1) is 0 Å². The molecule has 35 heavy (non-hydrogen) atoms. The van der Waals surface area contributed by atoms with Crippen molar-refractivity contribution < 1.29 is 4.74 Å². The fourth-order valence-corrected chi connectivity index (χ4v) is 5.33. The Hall–Kier alpha value is -3.42. The molecule has 2 heterocycles. The number of nitriles is 1. The zero-order valence-corrected chi connectivity index (χ0v) is 20.9. The summed E-state index contributed by atoms with van der Waals surface area (Å²) in [6, 6.07) is 20.9. The normalized spacial score (nSPS) is 14.8. The van der Waals surface area contributed by atoms with Crippen molar-refractivity contribution in [3.63, 3.8) is 0 Å². The SMILES string of the molecule is COC(C)(C)c1ccc(-c2ncc3c(ccn3CC3CCCCC3)c2-c2ccc(C#N)cc2)cc1. The highest BCUT2D eigenvalue weighted by molar-refractivity contribution is 6.01. The lowest BCUT2D eigenvalue weighted by molar-refractivity contribution is 0.0192. The predicted molar refractivity (Wildman–Crippen MR) is 142 cm³/mol. The molecule has 4 nitrogen and oxygen atoms in total. The van der Waals surface area contributed by atoms with Crippen molar-refractivity contribution in [1.29, 1.82) is 5.26 Å². The van der Waals surface area contributed by atoms with Gasteiger partial charge in [-0.25, -0.2) is 0 Å². The Morgan fingerprint density at radius 2 is 1.66 bits per heavy atom. The van der Waals surface area contributed by atoms with E-state index in [9.17, 15) is 5.26 Å². The van der Waals surface area contributed by atoms with Gasteiger partial charge in [-0.05, 0) is 61.9 Å². The van der Waals surface area contributed by atoms with Crippen LogP contribution in [0.2, 0.25) is 0 Å². The molecule has 2 aromatic carbocycles. The largest absolute Gasteiger partial charge is 0.374 e. The van der Waals surface area contributed by atoms with Gasteiger partial charge < -0.3 is 9.30 Å². The Labute approximate surface area is 208 Å². The molecule has 4 heteroatoms. The molecule has 178 valence electrons. The van der Waals surface area contributed by atoms with Crippen LogP contribution in [0.25, 0.3) is 33.3 Å². The molecule has 1 saturated carbocycles. The van der Waals surface area contributed by atoms with Gasteiger partial charge in [-0.2, -0.15) is 5.26 Å². The first-order valence-electron chi connectivity index (χ1n) is 12.6. The number of pyridine rings is 1. The van der Waals surface area contributed by atoms with Gasteiger partial charge in [0, 0.05) is 36.4 Å². The number of methoxy groups -OCH3 is 1. The highest BCUT2D eigenvalue weighted by Gasteiger charge is 2.21. The van der Waals surface area contributed by atoms with Crippen molar-refractivity contribution in [2.75, 3.05) is 7.11 Å².